The zero-order chi connectivity index (χ0) is 12.2. The van der Waals surface area contributed by atoms with Crippen LogP contribution in [0.5, 0.6) is 0 Å². The summed E-state index contributed by atoms with van der Waals surface area (Å²) >= 11 is 0. The fourth-order valence-electron chi connectivity index (χ4n) is 2.63. The molecule has 1 rings (SSSR count). The zero-order valence-corrected chi connectivity index (χ0v) is 10.7. The molecule has 0 heterocycles. The van der Waals surface area contributed by atoms with Crippen LogP contribution in [-0.4, -0.2) is 28.0 Å². The Bertz CT molecular complexity index is 195. The highest BCUT2D eigenvalue weighted by Gasteiger charge is 2.26. The molecule has 0 aromatic carbocycles. The van der Waals surface area contributed by atoms with Gasteiger partial charge in [-0.1, -0.05) is 32.1 Å². The summed E-state index contributed by atoms with van der Waals surface area (Å²) in [4.78, 5) is 0. The average Bonchev–Trinajstić information content (AvgIpc) is 2.16. The molecule has 0 saturated heterocycles. The minimum Gasteiger partial charge on any atom is -0.391 e. The third-order valence-corrected chi connectivity index (χ3v) is 3.53. The van der Waals surface area contributed by atoms with Gasteiger partial charge in [0.05, 0.1) is 11.7 Å². The number of hydrogen-bond acceptors (Lipinski definition) is 3. The molecule has 0 aromatic heterocycles. The third-order valence-electron chi connectivity index (χ3n) is 3.53. The normalized spacial score (nSPS) is 23.1. The maximum atomic E-state index is 9.90. The predicted octanol–water partition coefficient (Wildman–Crippen LogP) is 1.81. The second-order valence-electron chi connectivity index (χ2n) is 5.99. The van der Waals surface area contributed by atoms with Gasteiger partial charge in [-0.05, 0) is 26.2 Å². The molecule has 0 aliphatic heterocycles. The van der Waals surface area contributed by atoms with E-state index in [0.717, 1.165) is 6.42 Å². The molecule has 2 atom stereocenters. The minimum absolute atomic E-state index is 0.186. The van der Waals surface area contributed by atoms with Gasteiger partial charge >= 0.3 is 0 Å². The van der Waals surface area contributed by atoms with E-state index in [1.54, 1.807) is 13.8 Å². The Kier molecular flexibility index (Phi) is 5.22. The van der Waals surface area contributed by atoms with Crippen molar-refractivity contribution in [3.63, 3.8) is 0 Å². The van der Waals surface area contributed by atoms with Crippen molar-refractivity contribution in [2.24, 2.45) is 11.7 Å². The maximum Gasteiger partial charge on any atom is 0.0718 e. The van der Waals surface area contributed by atoms with Crippen molar-refractivity contribution in [1.82, 2.24) is 0 Å². The molecular weight excluding hydrogens is 202 g/mol. The van der Waals surface area contributed by atoms with Crippen molar-refractivity contribution in [1.29, 1.82) is 0 Å². The summed E-state index contributed by atoms with van der Waals surface area (Å²) in [6.07, 6.45) is 7.14. The van der Waals surface area contributed by atoms with E-state index in [9.17, 15) is 10.2 Å². The van der Waals surface area contributed by atoms with Crippen LogP contribution in [0.2, 0.25) is 0 Å². The first kappa shape index (κ1) is 13.9. The Morgan fingerprint density at radius 2 is 1.81 bits per heavy atom. The van der Waals surface area contributed by atoms with Gasteiger partial charge in [0.1, 0.15) is 0 Å². The van der Waals surface area contributed by atoms with Gasteiger partial charge in [-0.2, -0.15) is 0 Å². The lowest BCUT2D eigenvalue weighted by Gasteiger charge is -2.29. The topological polar surface area (TPSA) is 66.5 Å². The summed E-state index contributed by atoms with van der Waals surface area (Å²) < 4.78 is 0. The predicted molar refractivity (Wildman–Crippen MR) is 66.1 cm³/mol. The molecule has 0 amide bonds. The van der Waals surface area contributed by atoms with Gasteiger partial charge in [0.2, 0.25) is 0 Å². The monoisotopic (exact) mass is 229 g/mol. The Labute approximate surface area is 99.0 Å². The average molecular weight is 229 g/mol. The smallest absolute Gasteiger partial charge is 0.0718 e. The van der Waals surface area contributed by atoms with E-state index in [1.807, 2.05) is 0 Å². The number of hydrogen-bond donors (Lipinski definition) is 3. The van der Waals surface area contributed by atoms with E-state index in [-0.39, 0.29) is 6.04 Å². The molecule has 0 unspecified atom stereocenters. The highest BCUT2D eigenvalue weighted by atomic mass is 16.3. The number of aliphatic hydroxyl groups excluding tert-OH is 1. The molecule has 0 aromatic rings. The molecule has 3 heteroatoms. The summed E-state index contributed by atoms with van der Waals surface area (Å²) in [5.41, 5.74) is 5.16. The summed E-state index contributed by atoms with van der Waals surface area (Å²) in [7, 11) is 0. The van der Waals surface area contributed by atoms with E-state index in [0.29, 0.717) is 12.3 Å². The zero-order valence-electron chi connectivity index (χ0n) is 10.7. The van der Waals surface area contributed by atoms with Gasteiger partial charge in [0, 0.05) is 12.5 Å². The van der Waals surface area contributed by atoms with Crippen molar-refractivity contribution in [2.45, 2.75) is 76.5 Å². The second-order valence-corrected chi connectivity index (χ2v) is 5.99. The summed E-state index contributed by atoms with van der Waals surface area (Å²) in [5, 5.41) is 19.5. The fraction of sp³-hybridized carbons (Fsp3) is 1.00. The lowest BCUT2D eigenvalue weighted by molar-refractivity contribution is 0.00598. The number of aliphatic hydroxyl groups is 2. The standard InChI is InChI=1S/C13H27NO2/c1-13(2,16)9-12(15)11(14)8-10-6-4-3-5-7-10/h10-12,15-16H,3-9,14H2,1-2H3/t11-,12-/m0/s1. The van der Waals surface area contributed by atoms with Crippen LogP contribution in [0.1, 0.15) is 58.8 Å². The Morgan fingerprint density at radius 3 is 2.31 bits per heavy atom. The summed E-state index contributed by atoms with van der Waals surface area (Å²) in [6.45, 7) is 3.42. The van der Waals surface area contributed by atoms with Crippen LogP contribution in [0.25, 0.3) is 0 Å². The molecule has 1 aliphatic rings. The van der Waals surface area contributed by atoms with Crippen molar-refractivity contribution >= 4 is 0 Å². The molecule has 1 fully saturated rings. The first-order valence-corrected chi connectivity index (χ1v) is 6.54. The van der Waals surface area contributed by atoms with Crippen LogP contribution in [0.15, 0.2) is 0 Å². The van der Waals surface area contributed by atoms with Crippen LogP contribution in [0, 0.1) is 5.92 Å². The van der Waals surface area contributed by atoms with Gasteiger partial charge < -0.3 is 15.9 Å². The van der Waals surface area contributed by atoms with Crippen LogP contribution < -0.4 is 5.73 Å². The van der Waals surface area contributed by atoms with Crippen LogP contribution >= 0.6 is 0 Å². The Morgan fingerprint density at radius 1 is 1.25 bits per heavy atom. The molecule has 0 radical (unpaired) electrons. The Balaban J connectivity index is 2.29. The minimum atomic E-state index is -0.830. The highest BCUT2D eigenvalue weighted by Crippen LogP contribution is 2.28. The maximum absolute atomic E-state index is 9.90. The molecule has 0 spiro atoms. The highest BCUT2D eigenvalue weighted by molar-refractivity contribution is 4.81. The van der Waals surface area contributed by atoms with E-state index in [1.165, 1.54) is 32.1 Å². The Hall–Kier alpha value is -0.120. The van der Waals surface area contributed by atoms with E-state index in [2.05, 4.69) is 0 Å². The van der Waals surface area contributed by atoms with Crippen molar-refractivity contribution in [3.8, 4) is 0 Å². The van der Waals surface area contributed by atoms with Crippen LogP contribution in [0.4, 0.5) is 0 Å². The first-order valence-electron chi connectivity index (χ1n) is 6.54. The van der Waals surface area contributed by atoms with Crippen LogP contribution in [0.3, 0.4) is 0 Å². The molecule has 1 aliphatic carbocycles. The van der Waals surface area contributed by atoms with Gasteiger partial charge in [-0.3, -0.25) is 0 Å². The van der Waals surface area contributed by atoms with Gasteiger partial charge in [-0.25, -0.2) is 0 Å². The number of nitrogens with two attached hydrogens (primary N) is 1. The van der Waals surface area contributed by atoms with Crippen LogP contribution in [-0.2, 0) is 0 Å². The lowest BCUT2D eigenvalue weighted by Crippen LogP contribution is -2.41. The molecule has 96 valence electrons. The largest absolute Gasteiger partial charge is 0.391 e. The SMILES string of the molecule is CC(C)(O)C[C@H](O)[C@@H](N)CC1CCCCC1. The lowest BCUT2D eigenvalue weighted by atomic mass is 9.82. The van der Waals surface area contributed by atoms with E-state index >= 15 is 0 Å². The van der Waals surface area contributed by atoms with Gasteiger partial charge in [-0.15, -0.1) is 0 Å². The quantitative estimate of drug-likeness (QED) is 0.673. The molecule has 1 saturated carbocycles. The fourth-order valence-corrected chi connectivity index (χ4v) is 2.63. The molecule has 3 nitrogen and oxygen atoms in total. The van der Waals surface area contributed by atoms with E-state index < -0.39 is 11.7 Å². The van der Waals surface area contributed by atoms with Gasteiger partial charge in [0.15, 0.2) is 0 Å². The molecule has 16 heavy (non-hydrogen) atoms. The van der Waals surface area contributed by atoms with Gasteiger partial charge in [0.25, 0.3) is 0 Å². The number of rotatable bonds is 5. The van der Waals surface area contributed by atoms with Crippen molar-refractivity contribution in [3.05, 3.63) is 0 Å². The van der Waals surface area contributed by atoms with E-state index in [4.69, 9.17) is 5.73 Å². The first-order chi connectivity index (χ1) is 7.38. The summed E-state index contributed by atoms with van der Waals surface area (Å²) in [6, 6.07) is -0.186. The second kappa shape index (κ2) is 5.99. The molecule has 0 bridgehead atoms. The molecular formula is C13H27NO2. The van der Waals surface area contributed by atoms with Crippen molar-refractivity contribution in [2.75, 3.05) is 0 Å². The summed E-state index contributed by atoms with van der Waals surface area (Å²) in [5.74, 6) is 0.681. The third kappa shape index (κ3) is 5.28. The van der Waals surface area contributed by atoms with Crippen molar-refractivity contribution < 1.29 is 10.2 Å². The molecule has 4 N–H and O–H groups in total.